The van der Waals surface area contributed by atoms with Crippen LogP contribution in [0, 0.1) is 5.92 Å². The highest BCUT2D eigenvalue weighted by Crippen LogP contribution is 2.33. The molecule has 0 radical (unpaired) electrons. The lowest BCUT2D eigenvalue weighted by molar-refractivity contribution is 0.104. The summed E-state index contributed by atoms with van der Waals surface area (Å²) in [7, 11) is 0. The maximum absolute atomic E-state index is 12.6. The second kappa shape index (κ2) is 5.47. The van der Waals surface area contributed by atoms with Crippen LogP contribution in [0.25, 0.3) is 16.7 Å². The van der Waals surface area contributed by atoms with Gasteiger partial charge in [0.1, 0.15) is 5.82 Å². The molecule has 2 aliphatic rings. The Labute approximate surface area is 145 Å². The highest BCUT2D eigenvalue weighted by atomic mass is 16.2. The maximum atomic E-state index is 12.6. The third kappa shape index (κ3) is 2.22. The number of rotatable bonds is 1. The second-order valence-electron chi connectivity index (χ2n) is 7.29. The van der Waals surface area contributed by atoms with Gasteiger partial charge in [0.15, 0.2) is 5.65 Å². The molecule has 3 aromatic heterocycles. The van der Waals surface area contributed by atoms with Crippen molar-refractivity contribution in [3.63, 3.8) is 0 Å². The van der Waals surface area contributed by atoms with Gasteiger partial charge in [0.25, 0.3) is 0 Å². The average Bonchev–Trinajstić information content (AvgIpc) is 3.19. The molecule has 5 rings (SSSR count). The van der Waals surface area contributed by atoms with Crippen molar-refractivity contribution in [1.29, 1.82) is 0 Å². The number of hydrogen-bond donors (Lipinski definition) is 1. The molecule has 1 N–H and O–H groups in total. The SMILES string of the molecule is C[C@@H]1CCN(C(=O)N2CCC2)C[C@@H]1c1ncc2cnc3[nH]ccc3n12. The van der Waals surface area contributed by atoms with E-state index in [1.807, 2.05) is 34.5 Å². The Bertz CT molecular complexity index is 939. The lowest BCUT2D eigenvalue weighted by Crippen LogP contribution is -2.53. The van der Waals surface area contributed by atoms with Crippen molar-refractivity contribution in [1.82, 2.24) is 29.2 Å². The number of nitrogens with zero attached hydrogens (tertiary/aromatic N) is 5. The Hall–Kier alpha value is -2.57. The van der Waals surface area contributed by atoms with Crippen LogP contribution >= 0.6 is 0 Å². The van der Waals surface area contributed by atoms with E-state index >= 15 is 0 Å². The fourth-order valence-electron chi connectivity index (χ4n) is 4.05. The van der Waals surface area contributed by atoms with Crippen LogP contribution < -0.4 is 0 Å². The number of nitrogens with one attached hydrogen (secondary N) is 1. The van der Waals surface area contributed by atoms with Crippen molar-refractivity contribution < 1.29 is 4.79 Å². The zero-order chi connectivity index (χ0) is 17.0. The van der Waals surface area contributed by atoms with E-state index in [9.17, 15) is 4.79 Å². The second-order valence-corrected chi connectivity index (χ2v) is 7.29. The van der Waals surface area contributed by atoms with Crippen molar-refractivity contribution in [2.45, 2.75) is 25.7 Å². The molecule has 2 amide bonds. The number of urea groups is 1. The molecule has 0 bridgehead atoms. The van der Waals surface area contributed by atoms with Gasteiger partial charge >= 0.3 is 6.03 Å². The van der Waals surface area contributed by atoms with Crippen molar-refractivity contribution in [2.75, 3.05) is 26.2 Å². The lowest BCUT2D eigenvalue weighted by Gasteiger charge is -2.41. The molecule has 2 atom stereocenters. The van der Waals surface area contributed by atoms with Gasteiger partial charge < -0.3 is 14.8 Å². The van der Waals surface area contributed by atoms with Crippen molar-refractivity contribution in [3.8, 4) is 0 Å². The average molecular weight is 338 g/mol. The predicted molar refractivity (Wildman–Crippen MR) is 94.5 cm³/mol. The number of imidazole rings is 1. The Balaban J connectivity index is 1.53. The first-order chi connectivity index (χ1) is 12.2. The van der Waals surface area contributed by atoms with Gasteiger partial charge in [-0.2, -0.15) is 0 Å². The van der Waals surface area contributed by atoms with Crippen LogP contribution in [-0.2, 0) is 0 Å². The third-order valence-electron chi connectivity index (χ3n) is 5.77. The van der Waals surface area contributed by atoms with E-state index in [4.69, 9.17) is 4.98 Å². The van der Waals surface area contributed by atoms with E-state index < -0.39 is 0 Å². The number of H-pyrrole nitrogens is 1. The molecule has 0 unspecified atom stereocenters. The number of carbonyl (C=O) groups is 1. The first kappa shape index (κ1) is 14.7. The number of fused-ring (bicyclic) bond motifs is 3. The monoisotopic (exact) mass is 338 g/mol. The third-order valence-corrected chi connectivity index (χ3v) is 5.77. The molecule has 0 aromatic carbocycles. The topological polar surface area (TPSA) is 69.5 Å². The minimum atomic E-state index is 0.192. The molecule has 3 aromatic rings. The van der Waals surface area contributed by atoms with E-state index in [2.05, 4.69) is 21.3 Å². The van der Waals surface area contributed by atoms with Gasteiger partial charge in [0.05, 0.1) is 23.4 Å². The summed E-state index contributed by atoms with van der Waals surface area (Å²) >= 11 is 0. The van der Waals surface area contributed by atoms with Crippen molar-refractivity contribution in [2.24, 2.45) is 5.92 Å². The molecular formula is C18H22N6O. The minimum Gasteiger partial charge on any atom is -0.345 e. The standard InChI is InChI=1S/C18H22N6O/c1-12-4-8-23(18(25)22-6-2-7-22)11-14(12)17-21-10-13-9-20-16-15(24(13)17)3-5-19-16/h3,5,9-10,12,14,19H,2,4,6-8,11H2,1H3/t12-,14+/m1/s1. The fraction of sp³-hybridized carbons (Fsp3) is 0.500. The number of carbonyl (C=O) groups excluding carboxylic acids is 1. The summed E-state index contributed by atoms with van der Waals surface area (Å²) < 4.78 is 2.19. The van der Waals surface area contributed by atoms with Gasteiger partial charge in [-0.3, -0.25) is 4.40 Å². The number of aromatic amines is 1. The molecule has 2 saturated heterocycles. The summed E-state index contributed by atoms with van der Waals surface area (Å²) in [6, 6.07) is 2.23. The zero-order valence-corrected chi connectivity index (χ0v) is 14.4. The fourth-order valence-corrected chi connectivity index (χ4v) is 4.05. The lowest BCUT2D eigenvalue weighted by atomic mass is 9.86. The number of hydrogen-bond acceptors (Lipinski definition) is 3. The van der Waals surface area contributed by atoms with Crippen LogP contribution in [-0.4, -0.2) is 61.4 Å². The molecule has 5 heterocycles. The molecule has 7 nitrogen and oxygen atoms in total. The van der Waals surface area contributed by atoms with Crippen molar-refractivity contribution in [3.05, 3.63) is 30.5 Å². The summed E-state index contributed by atoms with van der Waals surface area (Å²) in [6.45, 7) is 5.66. The molecule has 130 valence electrons. The van der Waals surface area contributed by atoms with Gasteiger partial charge in [0, 0.05) is 38.3 Å². The number of amides is 2. The first-order valence-corrected chi connectivity index (χ1v) is 9.05. The summed E-state index contributed by atoms with van der Waals surface area (Å²) in [4.78, 5) is 29.0. The molecular weight excluding hydrogens is 316 g/mol. The highest BCUT2D eigenvalue weighted by molar-refractivity contribution is 5.76. The van der Waals surface area contributed by atoms with Crippen molar-refractivity contribution >= 4 is 22.7 Å². The molecule has 25 heavy (non-hydrogen) atoms. The Kier molecular flexibility index (Phi) is 3.23. The summed E-state index contributed by atoms with van der Waals surface area (Å²) in [5, 5.41) is 0. The Morgan fingerprint density at radius 3 is 2.84 bits per heavy atom. The van der Waals surface area contributed by atoms with Crippen LogP contribution in [0.5, 0.6) is 0 Å². The molecule has 0 aliphatic carbocycles. The van der Waals surface area contributed by atoms with Gasteiger partial charge in [-0.1, -0.05) is 6.92 Å². The molecule has 7 heteroatoms. The Morgan fingerprint density at radius 1 is 1.20 bits per heavy atom. The molecule has 0 saturated carbocycles. The summed E-state index contributed by atoms with van der Waals surface area (Å²) in [5.74, 6) is 1.77. The van der Waals surface area contributed by atoms with Gasteiger partial charge in [-0.15, -0.1) is 0 Å². The smallest absolute Gasteiger partial charge is 0.320 e. The van der Waals surface area contributed by atoms with Crippen LogP contribution in [0.2, 0.25) is 0 Å². The maximum Gasteiger partial charge on any atom is 0.320 e. The van der Waals surface area contributed by atoms with Gasteiger partial charge in [0.2, 0.25) is 0 Å². The van der Waals surface area contributed by atoms with E-state index in [0.29, 0.717) is 5.92 Å². The minimum absolute atomic E-state index is 0.192. The first-order valence-electron chi connectivity index (χ1n) is 9.05. The summed E-state index contributed by atoms with van der Waals surface area (Å²) in [5.41, 5.74) is 2.91. The van der Waals surface area contributed by atoms with Crippen LogP contribution in [0.3, 0.4) is 0 Å². The number of likely N-dealkylation sites (tertiary alicyclic amines) is 2. The largest absolute Gasteiger partial charge is 0.345 e. The molecule has 2 aliphatic heterocycles. The molecule has 2 fully saturated rings. The zero-order valence-electron chi connectivity index (χ0n) is 14.4. The van der Waals surface area contributed by atoms with E-state index in [0.717, 1.165) is 61.5 Å². The Morgan fingerprint density at radius 2 is 2.04 bits per heavy atom. The molecule has 0 spiro atoms. The normalized spacial score (nSPS) is 24.0. The van der Waals surface area contributed by atoms with Crippen LogP contribution in [0.1, 0.15) is 31.5 Å². The predicted octanol–water partition coefficient (Wildman–Crippen LogP) is 2.46. The number of piperidine rings is 1. The van der Waals surface area contributed by atoms with Gasteiger partial charge in [-0.25, -0.2) is 14.8 Å². The van der Waals surface area contributed by atoms with E-state index in [1.54, 1.807) is 0 Å². The van der Waals surface area contributed by atoms with Crippen LogP contribution in [0.15, 0.2) is 24.7 Å². The van der Waals surface area contributed by atoms with Crippen LogP contribution in [0.4, 0.5) is 4.79 Å². The highest BCUT2D eigenvalue weighted by Gasteiger charge is 2.35. The van der Waals surface area contributed by atoms with E-state index in [-0.39, 0.29) is 11.9 Å². The summed E-state index contributed by atoms with van der Waals surface area (Å²) in [6.07, 6.45) is 7.79. The quantitative estimate of drug-likeness (QED) is 0.741. The van der Waals surface area contributed by atoms with Gasteiger partial charge in [-0.05, 0) is 24.8 Å². The van der Waals surface area contributed by atoms with E-state index in [1.165, 1.54) is 0 Å². The number of aromatic nitrogens is 4.